The summed E-state index contributed by atoms with van der Waals surface area (Å²) >= 11 is 5.06. The highest BCUT2D eigenvalue weighted by molar-refractivity contribution is 9.10. The summed E-state index contributed by atoms with van der Waals surface area (Å²) in [4.78, 5) is 14.8. The lowest BCUT2D eigenvalue weighted by atomic mass is 9.98. The molecule has 6 heteroatoms. The van der Waals surface area contributed by atoms with Gasteiger partial charge in [-0.1, -0.05) is 28.1 Å². The van der Waals surface area contributed by atoms with Gasteiger partial charge in [-0.05, 0) is 29.1 Å². The maximum atomic E-state index is 13.1. The number of halogens is 1. The van der Waals surface area contributed by atoms with Crippen molar-refractivity contribution in [2.45, 2.75) is 50.4 Å². The molecule has 0 N–H and O–H groups in total. The SMILES string of the molecule is C[N+]1(C)[C@@H]2CC[C@H]1CC(OC(=O)N(Cc1ccc(Br)cc1)c1ccsc1)C2. The number of fused-ring (bicyclic) bond motifs is 2. The van der Waals surface area contributed by atoms with Crippen molar-refractivity contribution < 1.29 is 14.0 Å². The average Bonchev–Trinajstić information content (AvgIpc) is 3.17. The van der Waals surface area contributed by atoms with E-state index in [9.17, 15) is 4.79 Å². The molecule has 4 nitrogen and oxygen atoms in total. The van der Waals surface area contributed by atoms with Gasteiger partial charge in [0.05, 0.1) is 38.4 Å². The van der Waals surface area contributed by atoms with E-state index in [0.29, 0.717) is 18.6 Å². The number of carbonyl (C=O) groups is 1. The molecule has 1 aromatic carbocycles. The van der Waals surface area contributed by atoms with Crippen molar-refractivity contribution >= 4 is 39.0 Å². The van der Waals surface area contributed by atoms with E-state index in [-0.39, 0.29) is 12.2 Å². The molecule has 144 valence electrons. The van der Waals surface area contributed by atoms with Crippen LogP contribution in [0.25, 0.3) is 0 Å². The highest BCUT2D eigenvalue weighted by atomic mass is 79.9. The minimum Gasteiger partial charge on any atom is -0.445 e. The summed E-state index contributed by atoms with van der Waals surface area (Å²) in [5, 5.41) is 4.00. The Morgan fingerprint density at radius 2 is 1.85 bits per heavy atom. The molecular formula is C21H26BrN2O2S+. The highest BCUT2D eigenvalue weighted by Gasteiger charge is 2.50. The monoisotopic (exact) mass is 449 g/mol. The van der Waals surface area contributed by atoms with Crippen LogP contribution >= 0.6 is 27.3 Å². The van der Waals surface area contributed by atoms with E-state index in [2.05, 4.69) is 30.0 Å². The third-order valence-electron chi connectivity index (χ3n) is 6.34. The van der Waals surface area contributed by atoms with Gasteiger partial charge in [0, 0.05) is 35.5 Å². The quantitative estimate of drug-likeness (QED) is 0.582. The predicted molar refractivity (Wildman–Crippen MR) is 113 cm³/mol. The first-order valence-electron chi connectivity index (χ1n) is 9.51. The van der Waals surface area contributed by atoms with Crippen LogP contribution in [0.5, 0.6) is 0 Å². The van der Waals surface area contributed by atoms with E-state index in [4.69, 9.17) is 4.74 Å². The first kappa shape index (κ1) is 19.0. The maximum Gasteiger partial charge on any atom is 0.414 e. The minimum absolute atomic E-state index is 0.0344. The Bertz CT molecular complexity index is 775. The molecule has 1 unspecified atom stereocenters. The lowest BCUT2D eigenvalue weighted by Gasteiger charge is -2.44. The molecule has 4 rings (SSSR count). The van der Waals surface area contributed by atoms with Crippen LogP contribution in [0.1, 0.15) is 31.2 Å². The van der Waals surface area contributed by atoms with Crippen molar-refractivity contribution in [2.24, 2.45) is 0 Å². The number of hydrogen-bond acceptors (Lipinski definition) is 3. The van der Waals surface area contributed by atoms with Crippen LogP contribution in [0.3, 0.4) is 0 Å². The Morgan fingerprint density at radius 1 is 1.19 bits per heavy atom. The molecule has 1 aromatic heterocycles. The summed E-state index contributed by atoms with van der Waals surface area (Å²) in [6.07, 6.45) is 4.26. The summed E-state index contributed by atoms with van der Waals surface area (Å²) < 4.78 is 8.14. The molecule has 3 atom stereocenters. The van der Waals surface area contributed by atoms with Crippen LogP contribution in [0.15, 0.2) is 45.6 Å². The fourth-order valence-corrected chi connectivity index (χ4v) is 5.48. The van der Waals surface area contributed by atoms with Crippen LogP contribution in [0.4, 0.5) is 10.5 Å². The molecule has 0 aliphatic carbocycles. The normalized spacial score (nSPS) is 26.0. The number of nitrogens with zero attached hydrogens (tertiary/aromatic N) is 2. The van der Waals surface area contributed by atoms with Gasteiger partial charge in [-0.2, -0.15) is 11.3 Å². The molecule has 2 saturated heterocycles. The van der Waals surface area contributed by atoms with E-state index in [1.807, 2.05) is 41.1 Å². The molecule has 3 heterocycles. The third-order valence-corrected chi connectivity index (χ3v) is 7.54. The largest absolute Gasteiger partial charge is 0.445 e. The summed E-state index contributed by atoms with van der Waals surface area (Å²) in [6.45, 7) is 0.518. The molecular weight excluding hydrogens is 424 g/mol. The van der Waals surface area contributed by atoms with Gasteiger partial charge < -0.3 is 9.22 Å². The van der Waals surface area contributed by atoms with Gasteiger partial charge in [-0.15, -0.1) is 0 Å². The van der Waals surface area contributed by atoms with Crippen molar-refractivity contribution in [1.82, 2.24) is 0 Å². The summed E-state index contributed by atoms with van der Waals surface area (Å²) in [6, 6.07) is 11.3. The van der Waals surface area contributed by atoms with Crippen molar-refractivity contribution in [3.63, 3.8) is 0 Å². The van der Waals surface area contributed by atoms with Crippen molar-refractivity contribution in [3.05, 3.63) is 51.1 Å². The van der Waals surface area contributed by atoms with Crippen LogP contribution in [0.2, 0.25) is 0 Å². The maximum absolute atomic E-state index is 13.1. The minimum atomic E-state index is -0.229. The van der Waals surface area contributed by atoms with Crippen LogP contribution in [-0.4, -0.2) is 42.9 Å². The lowest BCUT2D eigenvalue weighted by Crippen LogP contribution is -2.56. The van der Waals surface area contributed by atoms with Gasteiger partial charge in [0.15, 0.2) is 0 Å². The van der Waals surface area contributed by atoms with E-state index in [1.165, 1.54) is 12.8 Å². The van der Waals surface area contributed by atoms with Crippen molar-refractivity contribution in [1.29, 1.82) is 0 Å². The molecule has 0 saturated carbocycles. The van der Waals surface area contributed by atoms with Crippen LogP contribution in [0, 0.1) is 0 Å². The number of carbonyl (C=O) groups excluding carboxylic acids is 1. The van der Waals surface area contributed by atoms with E-state index < -0.39 is 0 Å². The first-order chi connectivity index (χ1) is 12.9. The summed E-state index contributed by atoms with van der Waals surface area (Å²) in [5.41, 5.74) is 1.99. The van der Waals surface area contributed by atoms with Gasteiger partial charge in [-0.25, -0.2) is 4.79 Å². The van der Waals surface area contributed by atoms with Gasteiger partial charge >= 0.3 is 6.09 Å². The van der Waals surface area contributed by atoms with Crippen molar-refractivity contribution in [2.75, 3.05) is 19.0 Å². The second-order valence-corrected chi connectivity index (χ2v) is 9.88. The van der Waals surface area contributed by atoms with Crippen LogP contribution in [-0.2, 0) is 11.3 Å². The van der Waals surface area contributed by atoms with Gasteiger partial charge in [-0.3, -0.25) is 4.90 Å². The predicted octanol–water partition coefficient (Wildman–Crippen LogP) is 5.42. The molecule has 2 bridgehead atoms. The zero-order chi connectivity index (χ0) is 19.0. The van der Waals surface area contributed by atoms with Gasteiger partial charge in [0.1, 0.15) is 6.10 Å². The third kappa shape index (κ3) is 3.93. The number of benzene rings is 1. The number of thiophene rings is 1. The number of hydrogen-bond donors (Lipinski definition) is 0. The van der Waals surface area contributed by atoms with Crippen LogP contribution < -0.4 is 4.90 Å². The summed E-state index contributed by atoms with van der Waals surface area (Å²) in [5.74, 6) is 0. The second-order valence-electron chi connectivity index (χ2n) is 8.19. The Kier molecular flexibility index (Phi) is 5.32. The second kappa shape index (κ2) is 7.57. The van der Waals surface area contributed by atoms with Gasteiger partial charge in [0.2, 0.25) is 0 Å². The van der Waals surface area contributed by atoms with Gasteiger partial charge in [0.25, 0.3) is 0 Å². The lowest BCUT2D eigenvalue weighted by molar-refractivity contribution is -0.931. The number of rotatable bonds is 4. The molecule has 0 spiro atoms. The Labute approximate surface area is 173 Å². The number of piperidine rings is 1. The number of quaternary nitrogens is 1. The fraction of sp³-hybridized carbons (Fsp3) is 0.476. The Balaban J connectivity index is 1.47. The van der Waals surface area contributed by atoms with Crippen molar-refractivity contribution in [3.8, 4) is 0 Å². The first-order valence-corrected chi connectivity index (χ1v) is 11.2. The average molecular weight is 450 g/mol. The Hall–Kier alpha value is -1.37. The number of anilines is 1. The summed E-state index contributed by atoms with van der Waals surface area (Å²) in [7, 11) is 4.65. The fourth-order valence-electron chi connectivity index (χ4n) is 4.58. The molecule has 0 radical (unpaired) electrons. The van der Waals surface area contributed by atoms with E-state index in [0.717, 1.165) is 33.0 Å². The molecule has 2 aromatic rings. The highest BCUT2D eigenvalue weighted by Crippen LogP contribution is 2.40. The number of amides is 1. The van der Waals surface area contributed by atoms with E-state index in [1.54, 1.807) is 16.2 Å². The standard InChI is InChI=1S/C21H26BrN2O2S/c1-24(2)18-7-8-19(24)12-20(11-18)26-21(25)23(17-9-10-27-14-17)13-15-3-5-16(22)6-4-15/h3-6,9-10,14,18-20H,7-8,11-13H2,1-2H3/q+1/t18-,19+,20?. The number of ether oxygens (including phenoxy) is 1. The molecule has 1 amide bonds. The molecule has 2 aliphatic rings. The smallest absolute Gasteiger partial charge is 0.414 e. The molecule has 27 heavy (non-hydrogen) atoms. The zero-order valence-electron chi connectivity index (χ0n) is 15.8. The molecule has 2 aliphatic heterocycles. The Morgan fingerprint density at radius 3 is 2.44 bits per heavy atom. The zero-order valence-corrected chi connectivity index (χ0v) is 18.2. The topological polar surface area (TPSA) is 29.5 Å². The molecule has 2 fully saturated rings. The van der Waals surface area contributed by atoms with E-state index >= 15 is 0 Å².